The van der Waals surface area contributed by atoms with Crippen molar-refractivity contribution in [3.05, 3.63) is 60.1 Å². The van der Waals surface area contributed by atoms with Crippen molar-refractivity contribution >= 4 is 34.2 Å². The average Bonchev–Trinajstić information content (AvgIpc) is 3.80. The summed E-state index contributed by atoms with van der Waals surface area (Å²) in [6, 6.07) is 7.55. The Bertz CT molecular complexity index is 1790. The van der Waals surface area contributed by atoms with Gasteiger partial charge in [-0.15, -0.1) is 0 Å². The number of fused-ring (bicyclic) bond motifs is 3. The minimum Gasteiger partial charge on any atom is -0.463 e. The molecule has 0 aliphatic carbocycles. The third kappa shape index (κ3) is 5.44. The fourth-order valence-corrected chi connectivity index (χ4v) is 5.74. The van der Waals surface area contributed by atoms with Crippen LogP contribution in [0.25, 0.3) is 28.1 Å². The fraction of sp³-hybridized carbons (Fsp3) is 0.379. The summed E-state index contributed by atoms with van der Waals surface area (Å²) in [7, 11) is 0. The number of anilines is 2. The van der Waals surface area contributed by atoms with Crippen LogP contribution < -0.4 is 21.3 Å². The predicted octanol–water partition coefficient (Wildman–Crippen LogP) is 1.74. The number of nitrogens with one attached hydrogen (secondary N) is 2. The number of amides is 1. The Labute approximate surface area is 250 Å². The molecular formula is C29H32F2N10O3. The Morgan fingerprint density at radius 2 is 2.00 bits per heavy atom. The van der Waals surface area contributed by atoms with Gasteiger partial charge in [0.2, 0.25) is 5.95 Å². The SMILES string of the molecule is Nc1nc2c(ncn2CCN2CCN(c3cc(C(=O)NC[C@H]4COCCN4)c(F)cc3F)CC2)c2cc(-c3ccco3)nn12. The summed E-state index contributed by atoms with van der Waals surface area (Å²) >= 11 is 0. The summed E-state index contributed by atoms with van der Waals surface area (Å²) in [5.41, 5.74) is 9.00. The van der Waals surface area contributed by atoms with Gasteiger partial charge in [0.25, 0.3) is 5.91 Å². The van der Waals surface area contributed by atoms with E-state index in [2.05, 4.69) is 30.6 Å². The molecule has 230 valence electrons. The second kappa shape index (κ2) is 11.8. The van der Waals surface area contributed by atoms with Crippen molar-refractivity contribution in [2.24, 2.45) is 0 Å². The van der Waals surface area contributed by atoms with Gasteiger partial charge in [-0.2, -0.15) is 14.6 Å². The highest BCUT2D eigenvalue weighted by atomic mass is 19.1. The van der Waals surface area contributed by atoms with Crippen molar-refractivity contribution in [3.8, 4) is 11.5 Å². The van der Waals surface area contributed by atoms with Crippen molar-refractivity contribution in [1.29, 1.82) is 0 Å². The summed E-state index contributed by atoms with van der Waals surface area (Å²) in [5.74, 6) is -1.29. The number of hydrogen-bond donors (Lipinski definition) is 3. The van der Waals surface area contributed by atoms with Crippen LogP contribution in [0.3, 0.4) is 0 Å². The standard InChI is InChI=1S/C29H32F2N10O3/c30-20-13-21(31)23(12-19(20)28(42)34-15-18-16-43-11-3-33-18)39-7-4-38(5-8-39)6-9-40-17-35-26-24-14-22(25-2-1-10-44-25)37-41(24)29(32)36-27(26)40/h1-2,10,12-14,17-18,33H,3-9,11,15-16H2,(H2,32,36)(H,34,42)/t18-/m0/s1. The van der Waals surface area contributed by atoms with Crippen LogP contribution >= 0.6 is 0 Å². The molecule has 2 fully saturated rings. The van der Waals surface area contributed by atoms with E-state index in [0.29, 0.717) is 81.6 Å². The highest BCUT2D eigenvalue weighted by Gasteiger charge is 2.24. The number of imidazole rings is 1. The van der Waals surface area contributed by atoms with Crippen LogP contribution in [-0.2, 0) is 11.3 Å². The number of nitrogen functional groups attached to an aromatic ring is 1. The minimum absolute atomic E-state index is 0.0515. The highest BCUT2D eigenvalue weighted by molar-refractivity contribution is 5.95. The molecule has 0 spiro atoms. The maximum atomic E-state index is 14.9. The van der Waals surface area contributed by atoms with E-state index in [0.717, 1.165) is 11.6 Å². The van der Waals surface area contributed by atoms with Crippen molar-refractivity contribution in [3.63, 3.8) is 0 Å². The van der Waals surface area contributed by atoms with Gasteiger partial charge in [0.05, 0.1) is 37.1 Å². The Morgan fingerprint density at radius 3 is 2.77 bits per heavy atom. The molecule has 4 aromatic heterocycles. The van der Waals surface area contributed by atoms with E-state index >= 15 is 0 Å². The molecule has 5 aromatic rings. The summed E-state index contributed by atoms with van der Waals surface area (Å²) < 4.78 is 43.8. The molecule has 2 aliphatic rings. The molecule has 0 bridgehead atoms. The number of nitrogens with two attached hydrogens (primary N) is 1. The van der Waals surface area contributed by atoms with E-state index < -0.39 is 17.5 Å². The zero-order chi connectivity index (χ0) is 30.2. The van der Waals surface area contributed by atoms with E-state index in [1.54, 1.807) is 23.2 Å². The highest BCUT2D eigenvalue weighted by Crippen LogP contribution is 2.27. The second-order valence-electron chi connectivity index (χ2n) is 10.9. The van der Waals surface area contributed by atoms with Crippen LogP contribution in [0, 0.1) is 11.6 Å². The van der Waals surface area contributed by atoms with E-state index in [-0.39, 0.29) is 29.8 Å². The number of hydrogen-bond acceptors (Lipinski definition) is 10. The van der Waals surface area contributed by atoms with Crippen LogP contribution in [0.5, 0.6) is 0 Å². The van der Waals surface area contributed by atoms with E-state index in [9.17, 15) is 13.6 Å². The zero-order valence-electron chi connectivity index (χ0n) is 23.9. The van der Waals surface area contributed by atoms with Gasteiger partial charge in [-0.05, 0) is 24.3 Å². The van der Waals surface area contributed by atoms with Gasteiger partial charge in [0, 0.05) is 64.5 Å². The lowest BCUT2D eigenvalue weighted by Crippen LogP contribution is -2.48. The molecule has 4 N–H and O–H groups in total. The number of carbonyl (C=O) groups is 1. The van der Waals surface area contributed by atoms with Gasteiger partial charge < -0.3 is 35.0 Å². The van der Waals surface area contributed by atoms with E-state index in [1.165, 1.54) is 6.07 Å². The van der Waals surface area contributed by atoms with Gasteiger partial charge in [0.15, 0.2) is 11.4 Å². The Hall–Kier alpha value is -4.60. The quantitative estimate of drug-likeness (QED) is 0.239. The molecule has 6 heterocycles. The predicted molar refractivity (Wildman–Crippen MR) is 158 cm³/mol. The lowest BCUT2D eigenvalue weighted by atomic mass is 10.1. The van der Waals surface area contributed by atoms with Gasteiger partial charge in [-0.3, -0.25) is 9.69 Å². The molecule has 7 rings (SSSR count). The van der Waals surface area contributed by atoms with Crippen molar-refractivity contribution < 1.29 is 22.7 Å². The average molecular weight is 607 g/mol. The number of morpholine rings is 1. The first kappa shape index (κ1) is 28.2. The third-order valence-corrected chi connectivity index (χ3v) is 8.13. The molecule has 0 saturated carbocycles. The van der Waals surface area contributed by atoms with Gasteiger partial charge >= 0.3 is 0 Å². The maximum absolute atomic E-state index is 14.9. The summed E-state index contributed by atoms with van der Waals surface area (Å²) in [6.45, 7) is 5.75. The number of ether oxygens (including phenoxy) is 1. The number of furan rings is 1. The van der Waals surface area contributed by atoms with Crippen LogP contribution in [0.1, 0.15) is 10.4 Å². The summed E-state index contributed by atoms with van der Waals surface area (Å²) in [5, 5.41) is 10.5. The Morgan fingerprint density at radius 1 is 1.14 bits per heavy atom. The maximum Gasteiger partial charge on any atom is 0.254 e. The smallest absolute Gasteiger partial charge is 0.254 e. The lowest BCUT2D eigenvalue weighted by molar-refractivity contribution is 0.0734. The number of benzene rings is 1. The number of halogens is 2. The first-order chi connectivity index (χ1) is 21.4. The molecule has 1 amide bonds. The molecular weight excluding hydrogens is 574 g/mol. The van der Waals surface area contributed by atoms with Crippen molar-refractivity contribution in [2.45, 2.75) is 12.6 Å². The van der Waals surface area contributed by atoms with E-state index in [1.807, 2.05) is 21.6 Å². The number of carbonyl (C=O) groups excluding carboxylic acids is 1. The zero-order valence-corrected chi connectivity index (χ0v) is 23.9. The van der Waals surface area contributed by atoms with Gasteiger partial charge in [-0.25, -0.2) is 13.8 Å². The Kier molecular flexibility index (Phi) is 7.57. The van der Waals surface area contributed by atoms with E-state index in [4.69, 9.17) is 14.9 Å². The van der Waals surface area contributed by atoms with Crippen LogP contribution in [0.4, 0.5) is 20.4 Å². The molecule has 2 aliphatic heterocycles. The van der Waals surface area contributed by atoms with Gasteiger partial charge in [0.1, 0.15) is 28.4 Å². The fourth-order valence-electron chi connectivity index (χ4n) is 5.74. The van der Waals surface area contributed by atoms with Crippen LogP contribution in [0.15, 0.2) is 47.3 Å². The first-order valence-corrected chi connectivity index (χ1v) is 14.5. The summed E-state index contributed by atoms with van der Waals surface area (Å²) in [6.07, 6.45) is 3.33. The topological polar surface area (TPSA) is 144 Å². The number of rotatable bonds is 8. The number of nitrogens with zero attached hydrogens (tertiary/aromatic N) is 7. The van der Waals surface area contributed by atoms with Crippen LogP contribution in [0.2, 0.25) is 0 Å². The normalized spacial score (nSPS) is 18.0. The monoisotopic (exact) mass is 606 g/mol. The van der Waals surface area contributed by atoms with Crippen molar-refractivity contribution in [2.75, 3.05) is 69.7 Å². The Balaban J connectivity index is 0.988. The summed E-state index contributed by atoms with van der Waals surface area (Å²) in [4.78, 5) is 26.0. The largest absolute Gasteiger partial charge is 0.463 e. The second-order valence-corrected chi connectivity index (χ2v) is 10.9. The first-order valence-electron chi connectivity index (χ1n) is 14.5. The molecule has 0 unspecified atom stereocenters. The lowest BCUT2D eigenvalue weighted by Gasteiger charge is -2.36. The molecule has 2 saturated heterocycles. The number of piperazine rings is 1. The third-order valence-electron chi connectivity index (χ3n) is 8.13. The van der Waals surface area contributed by atoms with Crippen LogP contribution in [-0.4, -0.2) is 100 Å². The number of aromatic nitrogens is 5. The molecule has 13 nitrogen and oxygen atoms in total. The van der Waals surface area contributed by atoms with Crippen molar-refractivity contribution in [1.82, 2.24) is 39.7 Å². The molecule has 15 heteroatoms. The molecule has 1 aromatic carbocycles. The minimum atomic E-state index is -0.887. The van der Waals surface area contributed by atoms with Gasteiger partial charge in [-0.1, -0.05) is 0 Å². The molecule has 44 heavy (non-hydrogen) atoms. The molecule has 0 radical (unpaired) electrons. The molecule has 1 atom stereocenters.